The normalized spacial score (nSPS) is 10.6. The molecule has 2 aromatic heterocycles. The Morgan fingerprint density at radius 3 is 2.67 bits per heavy atom. The van der Waals surface area contributed by atoms with E-state index in [1.165, 1.54) is 29.4 Å². The van der Waals surface area contributed by atoms with Gasteiger partial charge < -0.3 is 10.6 Å². The van der Waals surface area contributed by atoms with Crippen molar-refractivity contribution >= 4 is 39.6 Å². The molecule has 1 aromatic carbocycles. The standard InChI is InChI=1S/C20H21N3O2S2/c1-12-4-5-15(8-13(12)2)9-19(25)23-20-22-17(11-26-20)18-7-6-16(27-18)10-21-14(3)24/h4-8,11H,9-10H2,1-3H3,(H,21,24)(H,22,23,25). The van der Waals surface area contributed by atoms with Gasteiger partial charge in [0, 0.05) is 17.2 Å². The number of nitrogens with zero attached hydrogens (tertiary/aromatic N) is 1. The number of amides is 2. The minimum atomic E-state index is -0.0725. The van der Waals surface area contributed by atoms with Gasteiger partial charge in [-0.2, -0.15) is 0 Å². The van der Waals surface area contributed by atoms with E-state index in [-0.39, 0.29) is 11.8 Å². The van der Waals surface area contributed by atoms with Crippen LogP contribution in [0.3, 0.4) is 0 Å². The van der Waals surface area contributed by atoms with Crippen LogP contribution in [0, 0.1) is 13.8 Å². The predicted molar refractivity (Wildman–Crippen MR) is 111 cm³/mol. The van der Waals surface area contributed by atoms with Crippen molar-refractivity contribution in [3.8, 4) is 10.6 Å². The highest BCUT2D eigenvalue weighted by Gasteiger charge is 2.11. The summed E-state index contributed by atoms with van der Waals surface area (Å²) in [4.78, 5) is 29.9. The first-order valence-corrected chi connectivity index (χ1v) is 10.3. The fourth-order valence-corrected chi connectivity index (χ4v) is 4.24. The molecule has 7 heteroatoms. The van der Waals surface area contributed by atoms with Gasteiger partial charge in [-0.15, -0.1) is 22.7 Å². The summed E-state index contributed by atoms with van der Waals surface area (Å²) >= 11 is 2.99. The topological polar surface area (TPSA) is 71.1 Å². The lowest BCUT2D eigenvalue weighted by molar-refractivity contribution is -0.119. The number of carbonyl (C=O) groups excluding carboxylic acids is 2. The van der Waals surface area contributed by atoms with E-state index in [9.17, 15) is 9.59 Å². The molecule has 140 valence electrons. The number of aryl methyl sites for hydroxylation is 2. The van der Waals surface area contributed by atoms with Gasteiger partial charge in [0.25, 0.3) is 0 Å². The second kappa shape index (κ2) is 8.45. The van der Waals surface area contributed by atoms with Crippen LogP contribution in [0.2, 0.25) is 0 Å². The van der Waals surface area contributed by atoms with Gasteiger partial charge in [-0.3, -0.25) is 9.59 Å². The first-order chi connectivity index (χ1) is 12.9. The lowest BCUT2D eigenvalue weighted by atomic mass is 10.0. The van der Waals surface area contributed by atoms with Crippen LogP contribution in [0.4, 0.5) is 5.13 Å². The Kier molecular flexibility index (Phi) is 6.03. The van der Waals surface area contributed by atoms with Crippen molar-refractivity contribution in [1.29, 1.82) is 0 Å². The second-order valence-electron chi connectivity index (χ2n) is 6.36. The lowest BCUT2D eigenvalue weighted by Crippen LogP contribution is -2.17. The van der Waals surface area contributed by atoms with Gasteiger partial charge in [0.2, 0.25) is 11.8 Å². The highest BCUT2D eigenvalue weighted by atomic mass is 32.1. The number of benzene rings is 1. The Morgan fingerprint density at radius 2 is 1.93 bits per heavy atom. The van der Waals surface area contributed by atoms with Crippen molar-refractivity contribution in [2.45, 2.75) is 33.7 Å². The van der Waals surface area contributed by atoms with E-state index >= 15 is 0 Å². The maximum absolute atomic E-state index is 12.3. The zero-order valence-corrected chi connectivity index (χ0v) is 17.1. The molecule has 2 amide bonds. The van der Waals surface area contributed by atoms with Crippen molar-refractivity contribution in [3.05, 3.63) is 57.3 Å². The monoisotopic (exact) mass is 399 g/mol. The molecule has 0 unspecified atom stereocenters. The smallest absolute Gasteiger partial charge is 0.230 e. The lowest BCUT2D eigenvalue weighted by Gasteiger charge is -2.05. The molecule has 0 radical (unpaired) electrons. The number of hydrogen-bond donors (Lipinski definition) is 2. The van der Waals surface area contributed by atoms with Crippen LogP contribution in [0.1, 0.15) is 28.5 Å². The van der Waals surface area contributed by atoms with Crippen molar-refractivity contribution in [2.24, 2.45) is 0 Å². The number of carbonyl (C=O) groups is 2. The summed E-state index contributed by atoms with van der Waals surface area (Å²) in [6.45, 7) is 6.12. The number of hydrogen-bond acceptors (Lipinski definition) is 5. The molecule has 5 nitrogen and oxygen atoms in total. The van der Waals surface area contributed by atoms with Crippen molar-refractivity contribution in [3.63, 3.8) is 0 Å². The summed E-state index contributed by atoms with van der Waals surface area (Å²) in [5, 5.41) is 8.19. The Morgan fingerprint density at radius 1 is 1.11 bits per heavy atom. The first kappa shape index (κ1) is 19.3. The molecule has 2 N–H and O–H groups in total. The second-order valence-corrected chi connectivity index (χ2v) is 8.38. The Labute approximate surface area is 166 Å². The van der Waals surface area contributed by atoms with Gasteiger partial charge in [-0.05, 0) is 42.7 Å². The molecule has 0 saturated carbocycles. The fraction of sp³-hybridized carbons (Fsp3) is 0.250. The van der Waals surface area contributed by atoms with Crippen molar-refractivity contribution in [1.82, 2.24) is 10.3 Å². The van der Waals surface area contributed by atoms with Crippen LogP contribution in [0.15, 0.2) is 35.7 Å². The zero-order chi connectivity index (χ0) is 19.4. The maximum Gasteiger partial charge on any atom is 0.230 e. The van der Waals surface area contributed by atoms with Gasteiger partial charge >= 0.3 is 0 Å². The van der Waals surface area contributed by atoms with Crippen LogP contribution < -0.4 is 10.6 Å². The minimum Gasteiger partial charge on any atom is -0.351 e. The highest BCUT2D eigenvalue weighted by Crippen LogP contribution is 2.30. The van der Waals surface area contributed by atoms with E-state index < -0.39 is 0 Å². The Bertz CT molecular complexity index is 975. The average molecular weight is 400 g/mol. The van der Waals surface area contributed by atoms with Crippen LogP contribution in [0.25, 0.3) is 10.6 Å². The summed E-state index contributed by atoms with van der Waals surface area (Å²) in [6, 6.07) is 10.0. The van der Waals surface area contributed by atoms with Gasteiger partial charge in [0.15, 0.2) is 5.13 Å². The van der Waals surface area contributed by atoms with Gasteiger partial charge in [-0.25, -0.2) is 4.98 Å². The first-order valence-electron chi connectivity index (χ1n) is 8.56. The molecular formula is C20H21N3O2S2. The SMILES string of the molecule is CC(=O)NCc1ccc(-c2csc(NC(=O)Cc3ccc(C)c(C)c3)n2)s1. The van der Waals surface area contributed by atoms with Gasteiger partial charge in [-0.1, -0.05) is 18.2 Å². The Balaban J connectivity index is 1.61. The number of aromatic nitrogens is 1. The van der Waals surface area contributed by atoms with Gasteiger partial charge in [0.05, 0.1) is 23.5 Å². The summed E-state index contributed by atoms with van der Waals surface area (Å²) in [5.41, 5.74) is 4.23. The molecule has 27 heavy (non-hydrogen) atoms. The van der Waals surface area contributed by atoms with E-state index in [4.69, 9.17) is 0 Å². The summed E-state index contributed by atoms with van der Waals surface area (Å²) in [7, 11) is 0. The van der Waals surface area contributed by atoms with Crippen LogP contribution in [0.5, 0.6) is 0 Å². The number of anilines is 1. The number of thiazole rings is 1. The largest absolute Gasteiger partial charge is 0.351 e. The summed E-state index contributed by atoms with van der Waals surface area (Å²) < 4.78 is 0. The molecule has 0 bridgehead atoms. The third kappa shape index (κ3) is 5.24. The molecule has 2 heterocycles. The van der Waals surface area contributed by atoms with Crippen LogP contribution in [-0.2, 0) is 22.6 Å². The molecule has 0 fully saturated rings. The average Bonchev–Trinajstić information content (AvgIpc) is 3.25. The van der Waals surface area contributed by atoms with E-state index in [0.29, 0.717) is 18.1 Å². The molecule has 0 atom stereocenters. The number of thiophene rings is 1. The third-order valence-electron chi connectivity index (χ3n) is 4.11. The highest BCUT2D eigenvalue weighted by molar-refractivity contribution is 7.17. The predicted octanol–water partition coefficient (Wildman–Crippen LogP) is 4.31. The van der Waals surface area contributed by atoms with Crippen molar-refractivity contribution in [2.75, 3.05) is 5.32 Å². The maximum atomic E-state index is 12.3. The van der Waals surface area contributed by atoms with E-state index in [1.807, 2.05) is 42.6 Å². The summed E-state index contributed by atoms with van der Waals surface area (Å²) in [5.74, 6) is -0.121. The molecule has 0 aliphatic rings. The number of nitrogens with one attached hydrogen (secondary N) is 2. The minimum absolute atomic E-state index is 0.0487. The molecule has 3 aromatic rings. The van der Waals surface area contributed by atoms with E-state index in [1.54, 1.807) is 11.3 Å². The molecule has 0 aliphatic carbocycles. The fourth-order valence-electron chi connectivity index (χ4n) is 2.53. The molecular weight excluding hydrogens is 378 g/mol. The molecule has 0 aliphatic heterocycles. The number of rotatable bonds is 6. The van der Waals surface area contributed by atoms with E-state index in [0.717, 1.165) is 21.0 Å². The van der Waals surface area contributed by atoms with Crippen LogP contribution in [-0.4, -0.2) is 16.8 Å². The van der Waals surface area contributed by atoms with Crippen molar-refractivity contribution < 1.29 is 9.59 Å². The molecule has 0 spiro atoms. The van der Waals surface area contributed by atoms with Crippen LogP contribution >= 0.6 is 22.7 Å². The summed E-state index contributed by atoms with van der Waals surface area (Å²) in [6.07, 6.45) is 0.329. The Hall–Kier alpha value is -2.51. The molecule has 0 saturated heterocycles. The quantitative estimate of drug-likeness (QED) is 0.649. The van der Waals surface area contributed by atoms with Gasteiger partial charge in [0.1, 0.15) is 0 Å². The molecule has 3 rings (SSSR count). The third-order valence-corrected chi connectivity index (χ3v) is 5.98. The van der Waals surface area contributed by atoms with E-state index in [2.05, 4.69) is 22.5 Å². The zero-order valence-electron chi connectivity index (χ0n) is 15.5.